The Morgan fingerprint density at radius 3 is 2.36 bits per heavy atom. The fourth-order valence-electron chi connectivity index (χ4n) is 4.72. The highest BCUT2D eigenvalue weighted by molar-refractivity contribution is 5.93. The molecule has 1 atom stereocenters. The Morgan fingerprint density at radius 2 is 1.61 bits per heavy atom. The minimum atomic E-state index is -0.813. The van der Waals surface area contributed by atoms with Crippen molar-refractivity contribution in [2.24, 2.45) is 0 Å². The molecule has 33 heavy (non-hydrogen) atoms. The second-order valence-corrected chi connectivity index (χ2v) is 8.67. The predicted molar refractivity (Wildman–Crippen MR) is 133 cm³/mol. The van der Waals surface area contributed by atoms with Crippen molar-refractivity contribution in [3.63, 3.8) is 0 Å². The Bertz CT molecular complexity index is 1220. The number of hydrogen-bond acceptors (Lipinski definition) is 4. The molecular weight excluding hydrogens is 410 g/mol. The van der Waals surface area contributed by atoms with Gasteiger partial charge in [-0.3, -0.25) is 4.90 Å². The van der Waals surface area contributed by atoms with Crippen LogP contribution in [0.15, 0.2) is 84.9 Å². The summed E-state index contributed by atoms with van der Waals surface area (Å²) in [6.07, 6.45) is 1.75. The highest BCUT2D eigenvalue weighted by atomic mass is 16.5. The van der Waals surface area contributed by atoms with Crippen molar-refractivity contribution >= 4 is 10.8 Å². The van der Waals surface area contributed by atoms with Crippen LogP contribution in [0.5, 0.6) is 11.5 Å². The van der Waals surface area contributed by atoms with Gasteiger partial charge in [0.15, 0.2) is 0 Å². The number of benzene rings is 4. The average Bonchev–Trinajstić information content (AvgIpc) is 3.37. The Hall–Kier alpha value is -3.34. The third-order valence-electron chi connectivity index (χ3n) is 6.47. The van der Waals surface area contributed by atoms with E-state index in [0.717, 1.165) is 45.3 Å². The zero-order valence-corrected chi connectivity index (χ0v) is 18.7. The molecule has 4 heteroatoms. The lowest BCUT2D eigenvalue weighted by Crippen LogP contribution is -2.25. The van der Waals surface area contributed by atoms with Gasteiger partial charge in [-0.1, -0.05) is 60.7 Å². The molecule has 1 aliphatic heterocycles. The summed E-state index contributed by atoms with van der Waals surface area (Å²) in [5.74, 6) is 1.03. The average molecular weight is 440 g/mol. The van der Waals surface area contributed by atoms with Gasteiger partial charge in [-0.15, -0.1) is 0 Å². The topological polar surface area (TPSA) is 52.9 Å². The third kappa shape index (κ3) is 4.72. The highest BCUT2D eigenvalue weighted by Gasteiger charge is 2.19. The van der Waals surface area contributed by atoms with Gasteiger partial charge < -0.3 is 14.9 Å². The summed E-state index contributed by atoms with van der Waals surface area (Å²) in [7, 11) is 0. The van der Waals surface area contributed by atoms with E-state index < -0.39 is 6.10 Å². The number of aliphatic hydroxyl groups is 1. The van der Waals surface area contributed by atoms with Crippen molar-refractivity contribution in [2.75, 3.05) is 26.2 Å². The summed E-state index contributed by atoms with van der Waals surface area (Å²) in [6.45, 7) is 3.96. The number of likely N-dealkylation sites (tertiary alicyclic amines) is 1. The zero-order valence-electron chi connectivity index (χ0n) is 18.7. The van der Waals surface area contributed by atoms with Gasteiger partial charge in [0.25, 0.3) is 0 Å². The van der Waals surface area contributed by atoms with Crippen LogP contribution < -0.4 is 4.74 Å². The molecule has 0 saturated carbocycles. The van der Waals surface area contributed by atoms with E-state index >= 15 is 0 Å². The van der Waals surface area contributed by atoms with E-state index in [1.807, 2.05) is 60.7 Å². The lowest BCUT2D eigenvalue weighted by molar-refractivity contribution is 0.221. The molecule has 1 saturated heterocycles. The fraction of sp³-hybridized carbons (Fsp3) is 0.241. The van der Waals surface area contributed by atoms with Crippen molar-refractivity contribution in [1.82, 2.24) is 4.90 Å². The van der Waals surface area contributed by atoms with E-state index in [2.05, 4.69) is 17.0 Å². The Morgan fingerprint density at radius 1 is 0.848 bits per heavy atom. The molecule has 0 radical (unpaired) electrons. The molecule has 0 spiro atoms. The molecule has 0 aliphatic carbocycles. The smallest absolute Gasteiger partial charge is 0.119 e. The van der Waals surface area contributed by atoms with E-state index in [1.165, 1.54) is 25.9 Å². The summed E-state index contributed by atoms with van der Waals surface area (Å²) >= 11 is 0. The van der Waals surface area contributed by atoms with Crippen LogP contribution in [0.25, 0.3) is 21.9 Å². The van der Waals surface area contributed by atoms with Crippen molar-refractivity contribution in [3.8, 4) is 22.6 Å². The first-order valence-electron chi connectivity index (χ1n) is 11.6. The second kappa shape index (κ2) is 9.65. The first-order valence-corrected chi connectivity index (χ1v) is 11.6. The highest BCUT2D eigenvalue weighted by Crippen LogP contribution is 2.38. The zero-order chi connectivity index (χ0) is 22.6. The maximum Gasteiger partial charge on any atom is 0.119 e. The molecule has 4 aromatic carbocycles. The van der Waals surface area contributed by atoms with Crippen molar-refractivity contribution in [3.05, 3.63) is 96.1 Å². The molecule has 1 fully saturated rings. The predicted octanol–water partition coefficient (Wildman–Crippen LogP) is 5.77. The molecule has 2 N–H and O–H groups in total. The number of fused-ring (bicyclic) bond motifs is 1. The maximum absolute atomic E-state index is 11.5. The Labute approximate surface area is 194 Å². The number of aromatic hydroxyl groups is 1. The van der Waals surface area contributed by atoms with Crippen molar-refractivity contribution in [2.45, 2.75) is 18.9 Å². The molecular formula is C29H29NO3. The van der Waals surface area contributed by atoms with E-state index in [9.17, 15) is 10.2 Å². The van der Waals surface area contributed by atoms with Crippen LogP contribution >= 0.6 is 0 Å². The minimum absolute atomic E-state index is 0.214. The second-order valence-electron chi connectivity index (χ2n) is 8.67. The van der Waals surface area contributed by atoms with Gasteiger partial charge >= 0.3 is 0 Å². The van der Waals surface area contributed by atoms with Gasteiger partial charge in [-0.05, 0) is 77.7 Å². The molecule has 4 aromatic rings. The molecule has 0 bridgehead atoms. The van der Waals surface area contributed by atoms with Gasteiger partial charge in [0.1, 0.15) is 24.2 Å². The van der Waals surface area contributed by atoms with Gasteiger partial charge in [-0.2, -0.15) is 0 Å². The number of phenols is 1. The lowest BCUT2D eigenvalue weighted by Gasteiger charge is -2.20. The van der Waals surface area contributed by atoms with Crippen LogP contribution in [0, 0.1) is 0 Å². The van der Waals surface area contributed by atoms with Crippen LogP contribution in [0.4, 0.5) is 0 Å². The summed E-state index contributed by atoms with van der Waals surface area (Å²) in [5, 5.41) is 23.3. The molecule has 5 rings (SSSR count). The van der Waals surface area contributed by atoms with E-state index in [0.29, 0.717) is 6.61 Å². The number of hydrogen-bond donors (Lipinski definition) is 2. The third-order valence-corrected chi connectivity index (χ3v) is 6.47. The number of nitrogens with zero attached hydrogens (tertiary/aromatic N) is 1. The number of ether oxygens (including phenoxy) is 1. The van der Waals surface area contributed by atoms with Gasteiger partial charge in [-0.25, -0.2) is 0 Å². The van der Waals surface area contributed by atoms with Crippen LogP contribution in [0.3, 0.4) is 0 Å². The molecule has 4 nitrogen and oxygen atoms in total. The van der Waals surface area contributed by atoms with E-state index in [-0.39, 0.29) is 5.75 Å². The van der Waals surface area contributed by atoms with Gasteiger partial charge in [0.05, 0.1) is 0 Å². The summed E-state index contributed by atoms with van der Waals surface area (Å²) < 4.78 is 5.93. The molecule has 0 aromatic heterocycles. The van der Waals surface area contributed by atoms with Gasteiger partial charge in [0, 0.05) is 12.1 Å². The molecule has 1 aliphatic rings. The summed E-state index contributed by atoms with van der Waals surface area (Å²) in [6, 6.07) is 27.1. The largest absolute Gasteiger partial charge is 0.508 e. The maximum atomic E-state index is 11.5. The standard InChI is InChI=1S/C29H29NO3/c31-24-11-15-27-23(20-24)10-14-26(21-6-2-1-3-7-21)28(27)29(32)22-8-12-25(13-9-22)33-19-18-30-16-4-5-17-30/h1-3,6-15,20,29,31-32H,4-5,16-19H2. The minimum Gasteiger partial charge on any atom is -0.508 e. The number of aliphatic hydroxyl groups excluding tert-OH is 1. The Kier molecular flexibility index (Phi) is 6.29. The fourth-order valence-corrected chi connectivity index (χ4v) is 4.72. The molecule has 0 amide bonds. The first kappa shape index (κ1) is 21.5. The quantitative estimate of drug-likeness (QED) is 0.384. The van der Waals surface area contributed by atoms with Crippen molar-refractivity contribution in [1.29, 1.82) is 0 Å². The van der Waals surface area contributed by atoms with E-state index in [1.54, 1.807) is 12.1 Å². The van der Waals surface area contributed by atoms with E-state index in [4.69, 9.17) is 4.74 Å². The van der Waals surface area contributed by atoms with Crippen LogP contribution in [-0.2, 0) is 0 Å². The van der Waals surface area contributed by atoms with Crippen LogP contribution in [-0.4, -0.2) is 41.4 Å². The monoisotopic (exact) mass is 439 g/mol. The SMILES string of the molecule is Oc1ccc2c(C(O)c3ccc(OCCN4CCCC4)cc3)c(-c3ccccc3)ccc2c1. The van der Waals surface area contributed by atoms with Gasteiger partial charge in [0.2, 0.25) is 0 Å². The van der Waals surface area contributed by atoms with Crippen LogP contribution in [0.1, 0.15) is 30.1 Å². The molecule has 168 valence electrons. The normalized spacial score (nSPS) is 15.1. The summed E-state index contributed by atoms with van der Waals surface area (Å²) in [5.41, 5.74) is 3.66. The summed E-state index contributed by atoms with van der Waals surface area (Å²) in [4.78, 5) is 2.43. The molecule has 1 heterocycles. The number of phenolic OH excluding ortho intramolecular Hbond substituents is 1. The van der Waals surface area contributed by atoms with Crippen molar-refractivity contribution < 1.29 is 14.9 Å². The number of rotatable bonds is 7. The Balaban J connectivity index is 1.44. The van der Waals surface area contributed by atoms with Crippen LogP contribution in [0.2, 0.25) is 0 Å². The molecule has 1 unspecified atom stereocenters. The lowest BCUT2D eigenvalue weighted by atomic mass is 9.88. The first-order chi connectivity index (χ1) is 16.2.